The van der Waals surface area contributed by atoms with Gasteiger partial charge >= 0.3 is 6.18 Å². The van der Waals surface area contributed by atoms with E-state index in [9.17, 15) is 13.2 Å². The minimum absolute atomic E-state index is 0.542. The first-order chi connectivity index (χ1) is 14.8. The Morgan fingerprint density at radius 3 is 2.35 bits per heavy atom. The van der Waals surface area contributed by atoms with Gasteiger partial charge in [-0.3, -0.25) is 0 Å². The molecule has 0 atom stereocenters. The van der Waals surface area contributed by atoms with E-state index in [0.717, 1.165) is 53.2 Å². The first-order valence-electron chi connectivity index (χ1n) is 10.2. The summed E-state index contributed by atoms with van der Waals surface area (Å²) in [6, 6.07) is 12.7. The lowest BCUT2D eigenvalue weighted by atomic mass is 9.96. The largest absolute Gasteiger partial charge is 0.417 e. The molecule has 0 amide bonds. The Morgan fingerprint density at radius 1 is 0.968 bits per heavy atom. The van der Waals surface area contributed by atoms with Crippen LogP contribution in [-0.4, -0.2) is 28.3 Å². The van der Waals surface area contributed by atoms with Gasteiger partial charge < -0.3 is 4.90 Å². The molecule has 1 aromatic carbocycles. The van der Waals surface area contributed by atoms with Gasteiger partial charge in [-0.2, -0.15) is 23.4 Å². The van der Waals surface area contributed by atoms with Crippen molar-refractivity contribution in [3.63, 3.8) is 0 Å². The van der Waals surface area contributed by atoms with Crippen molar-refractivity contribution in [3.8, 4) is 0 Å². The zero-order valence-corrected chi connectivity index (χ0v) is 17.4. The molecule has 1 aliphatic rings. The van der Waals surface area contributed by atoms with Crippen molar-refractivity contribution in [2.75, 3.05) is 18.0 Å². The minimum Gasteiger partial charge on any atom is -0.353 e. The second-order valence-corrected chi connectivity index (χ2v) is 7.74. The second kappa shape index (κ2) is 8.49. The van der Waals surface area contributed by atoms with E-state index in [-0.39, 0.29) is 0 Å². The molecule has 7 heteroatoms. The van der Waals surface area contributed by atoms with Gasteiger partial charge in [0, 0.05) is 25.7 Å². The highest BCUT2D eigenvalue weighted by molar-refractivity contribution is 5.68. The fourth-order valence-corrected chi connectivity index (χ4v) is 3.75. The van der Waals surface area contributed by atoms with E-state index in [1.165, 1.54) is 11.6 Å². The smallest absolute Gasteiger partial charge is 0.353 e. The van der Waals surface area contributed by atoms with Gasteiger partial charge in [-0.15, -0.1) is 0 Å². The lowest BCUT2D eigenvalue weighted by Gasteiger charge is -2.28. The van der Waals surface area contributed by atoms with E-state index >= 15 is 0 Å². The molecule has 160 valence electrons. The Balaban J connectivity index is 1.50. The molecule has 1 aliphatic heterocycles. The van der Waals surface area contributed by atoms with E-state index in [1.807, 2.05) is 23.1 Å². The number of nitrogens with zero attached hydrogens (tertiary/aromatic N) is 4. The quantitative estimate of drug-likeness (QED) is 0.563. The van der Waals surface area contributed by atoms with Crippen LogP contribution in [0, 0.1) is 13.8 Å². The molecule has 4 rings (SSSR count). The highest BCUT2D eigenvalue weighted by Crippen LogP contribution is 2.31. The summed E-state index contributed by atoms with van der Waals surface area (Å²) in [6.07, 6.45) is 0.0549. The normalized spacial score (nSPS) is 14.5. The summed E-state index contributed by atoms with van der Waals surface area (Å²) in [5.74, 6) is 0.542. The van der Waals surface area contributed by atoms with Crippen LogP contribution in [0.25, 0.3) is 5.57 Å². The predicted octanol–water partition coefficient (Wildman–Crippen LogP) is 5.39. The molecule has 31 heavy (non-hydrogen) atoms. The first-order valence-corrected chi connectivity index (χ1v) is 10.2. The van der Waals surface area contributed by atoms with Crippen LogP contribution in [-0.2, 0) is 12.6 Å². The van der Waals surface area contributed by atoms with E-state index in [4.69, 9.17) is 0 Å². The molecule has 3 aromatic rings. The topological polar surface area (TPSA) is 41.9 Å². The second-order valence-electron chi connectivity index (χ2n) is 7.74. The number of hydrogen-bond acceptors (Lipinski definition) is 4. The van der Waals surface area contributed by atoms with Crippen molar-refractivity contribution in [3.05, 3.63) is 88.4 Å². The SMILES string of the molecule is Cc1c(Cc2ccccc2)nnc(C2=CCN(c3ccc(C(F)(F)F)cn3)CC2)c1C. The highest BCUT2D eigenvalue weighted by atomic mass is 19.4. The molecule has 0 unspecified atom stereocenters. The molecule has 0 fully saturated rings. The summed E-state index contributed by atoms with van der Waals surface area (Å²) in [7, 11) is 0. The maximum Gasteiger partial charge on any atom is 0.417 e. The first kappa shape index (κ1) is 21.0. The van der Waals surface area contributed by atoms with Gasteiger partial charge in [-0.25, -0.2) is 4.98 Å². The monoisotopic (exact) mass is 424 g/mol. The highest BCUT2D eigenvalue weighted by Gasteiger charge is 2.31. The number of rotatable bonds is 4. The predicted molar refractivity (Wildman–Crippen MR) is 115 cm³/mol. The summed E-state index contributed by atoms with van der Waals surface area (Å²) >= 11 is 0. The molecule has 0 radical (unpaired) electrons. The molecule has 2 aromatic heterocycles. The molecule has 3 heterocycles. The van der Waals surface area contributed by atoms with Crippen LogP contribution in [0.4, 0.5) is 19.0 Å². The lowest BCUT2D eigenvalue weighted by Crippen LogP contribution is -2.29. The molecule has 0 N–H and O–H groups in total. The van der Waals surface area contributed by atoms with Crippen LogP contribution in [0.5, 0.6) is 0 Å². The third kappa shape index (κ3) is 4.60. The number of pyridine rings is 1. The number of aromatic nitrogens is 3. The molecule has 0 bridgehead atoms. The average Bonchev–Trinajstić information content (AvgIpc) is 2.77. The van der Waals surface area contributed by atoms with Crippen molar-refractivity contribution in [1.82, 2.24) is 15.2 Å². The maximum absolute atomic E-state index is 12.7. The van der Waals surface area contributed by atoms with Crippen molar-refractivity contribution >= 4 is 11.4 Å². The Morgan fingerprint density at radius 2 is 1.74 bits per heavy atom. The Kier molecular flexibility index (Phi) is 5.76. The Hall–Kier alpha value is -3.22. The van der Waals surface area contributed by atoms with E-state index in [0.29, 0.717) is 18.9 Å². The van der Waals surface area contributed by atoms with Gasteiger partial charge in [-0.05, 0) is 54.7 Å². The van der Waals surface area contributed by atoms with Crippen molar-refractivity contribution < 1.29 is 13.2 Å². The standard InChI is InChI=1S/C24H23F3N4/c1-16-17(2)23(30-29-21(16)14-18-6-4-3-5-7-18)19-10-12-31(13-11-19)22-9-8-20(15-28-22)24(25,26)27/h3-10,15H,11-14H2,1-2H3. The van der Waals surface area contributed by atoms with Gasteiger partial charge in [0.1, 0.15) is 5.82 Å². The Bertz CT molecular complexity index is 1090. The van der Waals surface area contributed by atoms with Gasteiger partial charge in [0.2, 0.25) is 0 Å². The molecule has 0 spiro atoms. The van der Waals surface area contributed by atoms with E-state index < -0.39 is 11.7 Å². The fourth-order valence-electron chi connectivity index (χ4n) is 3.75. The molecule has 0 saturated carbocycles. The summed E-state index contributed by atoms with van der Waals surface area (Å²) < 4.78 is 38.2. The average molecular weight is 424 g/mol. The van der Waals surface area contributed by atoms with Gasteiger partial charge in [0.15, 0.2) is 0 Å². The fraction of sp³-hybridized carbons (Fsp3) is 0.292. The molecule has 0 aliphatic carbocycles. The summed E-state index contributed by atoms with van der Waals surface area (Å²) in [5, 5.41) is 9.01. The summed E-state index contributed by atoms with van der Waals surface area (Å²) in [5.41, 5.74) is 5.70. The number of benzene rings is 1. The van der Waals surface area contributed by atoms with Gasteiger partial charge in [-0.1, -0.05) is 36.4 Å². The summed E-state index contributed by atoms with van der Waals surface area (Å²) in [4.78, 5) is 5.96. The number of halogens is 3. The van der Waals surface area contributed by atoms with Crippen LogP contribution in [0.1, 0.15) is 40.1 Å². The third-order valence-electron chi connectivity index (χ3n) is 5.75. The molecular weight excluding hydrogens is 401 g/mol. The van der Waals surface area contributed by atoms with Crippen LogP contribution >= 0.6 is 0 Å². The van der Waals surface area contributed by atoms with E-state index in [2.05, 4.69) is 47.2 Å². The van der Waals surface area contributed by atoms with Crippen LogP contribution in [0.2, 0.25) is 0 Å². The summed E-state index contributed by atoms with van der Waals surface area (Å²) in [6.45, 7) is 5.38. The van der Waals surface area contributed by atoms with Crippen molar-refractivity contribution in [2.24, 2.45) is 0 Å². The molecule has 4 nitrogen and oxygen atoms in total. The van der Waals surface area contributed by atoms with Gasteiger partial charge in [0.05, 0.1) is 17.0 Å². The van der Waals surface area contributed by atoms with Gasteiger partial charge in [0.25, 0.3) is 0 Å². The van der Waals surface area contributed by atoms with Crippen LogP contribution in [0.15, 0.2) is 54.7 Å². The van der Waals surface area contributed by atoms with Crippen LogP contribution in [0.3, 0.4) is 0 Å². The minimum atomic E-state index is -4.37. The zero-order valence-electron chi connectivity index (χ0n) is 17.4. The Labute approximate surface area is 179 Å². The number of hydrogen-bond donors (Lipinski definition) is 0. The number of anilines is 1. The molecule has 0 saturated heterocycles. The maximum atomic E-state index is 12.7. The van der Waals surface area contributed by atoms with E-state index in [1.54, 1.807) is 0 Å². The van der Waals surface area contributed by atoms with Crippen molar-refractivity contribution in [2.45, 2.75) is 32.9 Å². The third-order valence-corrected chi connectivity index (χ3v) is 5.75. The zero-order chi connectivity index (χ0) is 22.0. The molecular formula is C24H23F3N4. The van der Waals surface area contributed by atoms with Crippen LogP contribution < -0.4 is 4.90 Å². The van der Waals surface area contributed by atoms with Crippen molar-refractivity contribution in [1.29, 1.82) is 0 Å². The lowest BCUT2D eigenvalue weighted by molar-refractivity contribution is -0.137. The number of alkyl halides is 3.